The summed E-state index contributed by atoms with van der Waals surface area (Å²) >= 11 is 0. The van der Waals surface area contributed by atoms with E-state index >= 15 is 0 Å². The quantitative estimate of drug-likeness (QED) is 0.857. The molecule has 0 bridgehead atoms. The zero-order valence-electron chi connectivity index (χ0n) is 13.5. The molecule has 3 rings (SSSR count). The van der Waals surface area contributed by atoms with Crippen molar-refractivity contribution in [3.05, 3.63) is 47.0 Å². The van der Waals surface area contributed by atoms with Crippen LogP contribution in [0.15, 0.2) is 24.5 Å². The predicted molar refractivity (Wildman–Crippen MR) is 88.8 cm³/mol. The van der Waals surface area contributed by atoms with Crippen molar-refractivity contribution in [1.82, 2.24) is 9.55 Å². The monoisotopic (exact) mass is 313 g/mol. The molecule has 0 amide bonds. The minimum absolute atomic E-state index is 0.405. The van der Waals surface area contributed by atoms with Crippen LogP contribution in [0.3, 0.4) is 0 Å². The number of carbonyl (C=O) groups is 1. The first kappa shape index (κ1) is 15.7. The van der Waals surface area contributed by atoms with Gasteiger partial charge < -0.3 is 15.4 Å². The number of carboxylic acid groups (broad SMARTS) is 1. The number of nitrogens with zero attached hydrogens (tertiary/aromatic N) is 2. The molecule has 2 aromatic rings. The third-order valence-corrected chi connectivity index (χ3v) is 4.62. The van der Waals surface area contributed by atoms with Crippen molar-refractivity contribution < 1.29 is 9.90 Å². The molecule has 1 aliphatic rings. The van der Waals surface area contributed by atoms with Crippen molar-refractivity contribution in [3.8, 4) is 5.69 Å². The first-order chi connectivity index (χ1) is 11.1. The molecule has 0 radical (unpaired) electrons. The molecule has 122 valence electrons. The van der Waals surface area contributed by atoms with E-state index in [1.807, 2.05) is 6.33 Å². The lowest BCUT2D eigenvalue weighted by atomic mass is 9.94. The number of hydrogen-bond donors (Lipinski definition) is 2. The predicted octanol–water partition coefficient (Wildman–Crippen LogP) is 2.26. The van der Waals surface area contributed by atoms with Gasteiger partial charge in [0.15, 0.2) is 0 Å². The van der Waals surface area contributed by atoms with Gasteiger partial charge in [0.25, 0.3) is 0 Å². The molecular formula is C18H23N3O2. The second-order valence-electron chi connectivity index (χ2n) is 6.31. The number of imidazole rings is 1. The number of nitrogens with two attached hydrogens (primary N) is 1. The largest absolute Gasteiger partial charge is 0.481 e. The highest BCUT2D eigenvalue weighted by atomic mass is 16.4. The Labute approximate surface area is 136 Å². The summed E-state index contributed by atoms with van der Waals surface area (Å²) in [4.78, 5) is 16.0. The van der Waals surface area contributed by atoms with E-state index in [0.29, 0.717) is 19.4 Å². The van der Waals surface area contributed by atoms with E-state index in [1.54, 1.807) is 0 Å². The SMILES string of the molecule is Cc1ccc2c(c1)CCc1c(CC(CCCN)C(=O)O)ncn1-2. The molecule has 0 fully saturated rings. The van der Waals surface area contributed by atoms with Gasteiger partial charge in [0.2, 0.25) is 0 Å². The normalized spacial score (nSPS) is 14.2. The molecule has 1 unspecified atom stereocenters. The number of hydrogen-bond acceptors (Lipinski definition) is 3. The van der Waals surface area contributed by atoms with E-state index in [4.69, 9.17) is 5.73 Å². The standard InChI is InChI=1S/C18H23N3O2/c1-12-4-6-16-13(9-12)5-7-17-15(20-11-21(16)17)10-14(18(22)23)3-2-8-19/h4,6,9,11,14H,2-3,5,7-8,10,19H2,1H3,(H,22,23). The van der Waals surface area contributed by atoms with Crippen molar-refractivity contribution in [1.29, 1.82) is 0 Å². The molecule has 23 heavy (non-hydrogen) atoms. The molecule has 3 N–H and O–H groups in total. The van der Waals surface area contributed by atoms with Crippen LogP contribution in [-0.2, 0) is 24.1 Å². The molecule has 0 saturated heterocycles. The van der Waals surface area contributed by atoms with Crippen LogP contribution < -0.4 is 5.73 Å². The fraction of sp³-hybridized carbons (Fsp3) is 0.444. The number of aliphatic carboxylic acids is 1. The Morgan fingerprint density at radius 3 is 3.00 bits per heavy atom. The summed E-state index contributed by atoms with van der Waals surface area (Å²) < 4.78 is 2.12. The molecule has 0 saturated carbocycles. The van der Waals surface area contributed by atoms with Crippen molar-refractivity contribution in [2.75, 3.05) is 6.54 Å². The zero-order chi connectivity index (χ0) is 16.4. The highest BCUT2D eigenvalue weighted by Crippen LogP contribution is 2.28. The van der Waals surface area contributed by atoms with Crippen LogP contribution >= 0.6 is 0 Å². The third kappa shape index (κ3) is 3.15. The number of carboxylic acids is 1. The highest BCUT2D eigenvalue weighted by Gasteiger charge is 2.24. The van der Waals surface area contributed by atoms with Gasteiger partial charge in [-0.25, -0.2) is 4.98 Å². The van der Waals surface area contributed by atoms with Gasteiger partial charge in [-0.2, -0.15) is 0 Å². The maximum Gasteiger partial charge on any atom is 0.306 e. The summed E-state index contributed by atoms with van der Waals surface area (Å²) in [5.41, 5.74) is 11.4. The summed E-state index contributed by atoms with van der Waals surface area (Å²) in [5.74, 6) is -1.16. The molecule has 2 heterocycles. The van der Waals surface area contributed by atoms with Crippen LogP contribution in [0, 0.1) is 12.8 Å². The lowest BCUT2D eigenvalue weighted by Crippen LogP contribution is -2.20. The average Bonchev–Trinajstić information content (AvgIpc) is 2.94. The van der Waals surface area contributed by atoms with Crippen molar-refractivity contribution in [2.45, 2.75) is 39.0 Å². The van der Waals surface area contributed by atoms with Gasteiger partial charge in [-0.1, -0.05) is 17.7 Å². The lowest BCUT2D eigenvalue weighted by Gasteiger charge is -2.21. The molecule has 1 aromatic carbocycles. The minimum Gasteiger partial charge on any atom is -0.481 e. The Hall–Kier alpha value is -2.14. The van der Waals surface area contributed by atoms with Gasteiger partial charge in [-0.3, -0.25) is 4.79 Å². The maximum atomic E-state index is 11.5. The van der Waals surface area contributed by atoms with Gasteiger partial charge in [-0.05, 0) is 50.8 Å². The van der Waals surface area contributed by atoms with E-state index in [0.717, 1.165) is 30.7 Å². The average molecular weight is 313 g/mol. The number of aryl methyl sites for hydroxylation is 2. The summed E-state index contributed by atoms with van der Waals surface area (Å²) in [6.07, 6.45) is 5.55. The number of rotatable bonds is 6. The van der Waals surface area contributed by atoms with Crippen molar-refractivity contribution >= 4 is 5.97 Å². The highest BCUT2D eigenvalue weighted by molar-refractivity contribution is 5.70. The smallest absolute Gasteiger partial charge is 0.306 e. The topological polar surface area (TPSA) is 81.1 Å². The minimum atomic E-state index is -0.757. The molecule has 0 spiro atoms. The molecule has 1 aromatic heterocycles. The van der Waals surface area contributed by atoms with E-state index in [1.165, 1.54) is 16.8 Å². The third-order valence-electron chi connectivity index (χ3n) is 4.62. The molecular weight excluding hydrogens is 290 g/mol. The van der Waals surface area contributed by atoms with Crippen LogP contribution in [0.2, 0.25) is 0 Å². The summed E-state index contributed by atoms with van der Waals surface area (Å²) in [6, 6.07) is 6.45. The number of benzene rings is 1. The summed E-state index contributed by atoms with van der Waals surface area (Å²) in [5, 5.41) is 9.42. The van der Waals surface area contributed by atoms with Crippen molar-refractivity contribution in [2.24, 2.45) is 11.7 Å². The van der Waals surface area contributed by atoms with Gasteiger partial charge in [0, 0.05) is 17.8 Å². The number of aromatic nitrogens is 2. The van der Waals surface area contributed by atoms with E-state index in [9.17, 15) is 9.90 Å². The Morgan fingerprint density at radius 2 is 2.26 bits per heavy atom. The molecule has 5 heteroatoms. The second kappa shape index (κ2) is 6.54. The van der Waals surface area contributed by atoms with E-state index in [-0.39, 0.29) is 0 Å². The van der Waals surface area contributed by atoms with Gasteiger partial charge in [-0.15, -0.1) is 0 Å². The Kier molecular flexibility index (Phi) is 4.48. The van der Waals surface area contributed by atoms with Gasteiger partial charge in [0.1, 0.15) is 0 Å². The Bertz CT molecular complexity index is 721. The summed E-state index contributed by atoms with van der Waals surface area (Å²) in [7, 11) is 0. The molecule has 0 aliphatic carbocycles. The molecule has 1 atom stereocenters. The van der Waals surface area contributed by atoms with Crippen LogP contribution in [0.4, 0.5) is 0 Å². The molecule has 1 aliphatic heterocycles. The first-order valence-electron chi connectivity index (χ1n) is 8.18. The van der Waals surface area contributed by atoms with Crippen LogP contribution in [0.25, 0.3) is 5.69 Å². The van der Waals surface area contributed by atoms with E-state index in [2.05, 4.69) is 34.7 Å². The van der Waals surface area contributed by atoms with Gasteiger partial charge >= 0.3 is 5.97 Å². The number of fused-ring (bicyclic) bond motifs is 3. The van der Waals surface area contributed by atoms with Crippen LogP contribution in [0.1, 0.15) is 35.4 Å². The second-order valence-corrected chi connectivity index (χ2v) is 6.31. The van der Waals surface area contributed by atoms with Crippen molar-refractivity contribution in [3.63, 3.8) is 0 Å². The molecule has 5 nitrogen and oxygen atoms in total. The Balaban J connectivity index is 1.87. The lowest BCUT2D eigenvalue weighted by molar-refractivity contribution is -0.142. The summed E-state index contributed by atoms with van der Waals surface area (Å²) in [6.45, 7) is 2.63. The van der Waals surface area contributed by atoms with Crippen LogP contribution in [0.5, 0.6) is 0 Å². The fourth-order valence-corrected chi connectivity index (χ4v) is 3.37. The fourth-order valence-electron chi connectivity index (χ4n) is 3.37. The van der Waals surface area contributed by atoms with Crippen LogP contribution in [-0.4, -0.2) is 27.2 Å². The zero-order valence-corrected chi connectivity index (χ0v) is 13.5. The maximum absolute atomic E-state index is 11.5. The van der Waals surface area contributed by atoms with E-state index < -0.39 is 11.9 Å². The first-order valence-corrected chi connectivity index (χ1v) is 8.18. The van der Waals surface area contributed by atoms with Gasteiger partial charge in [0.05, 0.1) is 17.9 Å². The Morgan fingerprint density at radius 1 is 1.43 bits per heavy atom.